The van der Waals surface area contributed by atoms with Gasteiger partial charge in [0.1, 0.15) is 0 Å². The molecule has 2 aliphatic carbocycles. The van der Waals surface area contributed by atoms with Crippen LogP contribution in [-0.2, 0) is 0 Å². The van der Waals surface area contributed by atoms with Gasteiger partial charge in [0.15, 0.2) is 0 Å². The Hall–Kier alpha value is -9.88. The first-order chi connectivity index (χ1) is 38.6. The third-order valence-electron chi connectivity index (χ3n) is 17.6. The average molecular weight is 985 g/mol. The van der Waals surface area contributed by atoms with E-state index in [0.717, 1.165) is 0 Å². The second kappa shape index (κ2) is 16.3. The summed E-state index contributed by atoms with van der Waals surface area (Å²) in [5.74, 6) is 0. The van der Waals surface area contributed by atoms with E-state index < -0.39 is 0 Å². The summed E-state index contributed by atoms with van der Waals surface area (Å²) in [7, 11) is 0. The first-order valence-corrected chi connectivity index (χ1v) is 27.4. The minimum Gasteiger partial charge on any atom is -0.0622 e. The minimum absolute atomic E-state index is 1.22. The second-order valence-corrected chi connectivity index (χ2v) is 21.8. The highest BCUT2D eigenvalue weighted by Crippen LogP contribution is 2.63. The van der Waals surface area contributed by atoms with E-state index in [9.17, 15) is 0 Å². The molecule has 0 saturated heterocycles. The second-order valence-electron chi connectivity index (χ2n) is 21.8. The molecule has 15 aromatic rings. The fourth-order valence-corrected chi connectivity index (χ4v) is 14.6. The van der Waals surface area contributed by atoms with E-state index in [4.69, 9.17) is 0 Å². The Kier molecular flexibility index (Phi) is 9.07. The molecule has 0 saturated carbocycles. The Morgan fingerprint density at radius 2 is 0.462 bits per heavy atom. The van der Waals surface area contributed by atoms with Gasteiger partial charge in [0, 0.05) is 0 Å². The van der Waals surface area contributed by atoms with Crippen LogP contribution < -0.4 is 0 Å². The summed E-state index contributed by atoms with van der Waals surface area (Å²) in [6.07, 6.45) is 0. The molecule has 15 aromatic carbocycles. The van der Waals surface area contributed by atoms with E-state index in [1.165, 1.54) is 187 Å². The zero-order chi connectivity index (χ0) is 51.3. The van der Waals surface area contributed by atoms with Crippen LogP contribution in [0.3, 0.4) is 0 Å². The zero-order valence-corrected chi connectivity index (χ0v) is 43.2. The summed E-state index contributed by atoms with van der Waals surface area (Å²) in [4.78, 5) is 0. The molecule has 0 heterocycles. The zero-order valence-electron chi connectivity index (χ0n) is 43.2. The van der Waals surface area contributed by atoms with Crippen molar-refractivity contribution in [3.8, 4) is 111 Å². The number of fused-ring (bicyclic) bond motifs is 10. The Bertz CT molecular complexity index is 4730. The maximum atomic E-state index is 2.48. The summed E-state index contributed by atoms with van der Waals surface area (Å²) in [6.45, 7) is 4.44. The number of aryl methyl sites for hydroxylation is 2. The molecular weight excluding hydrogens is 937 g/mol. The largest absolute Gasteiger partial charge is 0.0622 e. The van der Waals surface area contributed by atoms with E-state index in [2.05, 4.69) is 269 Å². The first kappa shape index (κ1) is 43.4. The van der Waals surface area contributed by atoms with E-state index in [-0.39, 0.29) is 0 Å². The summed E-state index contributed by atoms with van der Waals surface area (Å²) in [5.41, 5.74) is 28.1. The fourth-order valence-electron chi connectivity index (χ4n) is 14.6. The summed E-state index contributed by atoms with van der Waals surface area (Å²) in [6, 6.07) is 96.4. The number of rotatable bonds is 6. The topological polar surface area (TPSA) is 0 Å². The van der Waals surface area contributed by atoms with Crippen LogP contribution in [0.2, 0.25) is 0 Å². The predicted octanol–water partition coefficient (Wildman–Crippen LogP) is 22.0. The summed E-state index contributed by atoms with van der Waals surface area (Å²) in [5, 5.41) is 15.7. The normalized spacial score (nSPS) is 12.2. The van der Waals surface area contributed by atoms with Crippen LogP contribution in [0.4, 0.5) is 0 Å². The van der Waals surface area contributed by atoms with Gasteiger partial charge < -0.3 is 0 Å². The van der Waals surface area contributed by atoms with Gasteiger partial charge in [-0.1, -0.05) is 266 Å². The molecule has 0 amide bonds. The monoisotopic (exact) mass is 984 g/mol. The third-order valence-corrected chi connectivity index (χ3v) is 17.6. The maximum absolute atomic E-state index is 2.48. The molecule has 0 fully saturated rings. The van der Waals surface area contributed by atoms with Crippen LogP contribution in [0.25, 0.3) is 176 Å². The fraction of sp³-hybridized carbons (Fsp3) is 0.0256. The maximum Gasteiger partial charge on any atom is -0.000718 e. The van der Waals surface area contributed by atoms with Crippen molar-refractivity contribution in [2.75, 3.05) is 0 Å². The molecule has 2 aliphatic rings. The van der Waals surface area contributed by atoms with Crippen molar-refractivity contribution in [3.63, 3.8) is 0 Å². The Morgan fingerprint density at radius 3 is 0.821 bits per heavy atom. The number of hydrogen-bond donors (Lipinski definition) is 0. The number of benzene rings is 15. The molecule has 78 heavy (non-hydrogen) atoms. The molecule has 0 aliphatic heterocycles. The smallest absolute Gasteiger partial charge is 0.000718 e. The lowest BCUT2D eigenvalue weighted by Crippen LogP contribution is -1.95. The highest BCUT2D eigenvalue weighted by molar-refractivity contribution is 6.42. The lowest BCUT2D eigenvalue weighted by atomic mass is 9.81. The van der Waals surface area contributed by atoms with E-state index >= 15 is 0 Å². The molecule has 0 spiro atoms. The van der Waals surface area contributed by atoms with Gasteiger partial charge in [0.25, 0.3) is 0 Å². The van der Waals surface area contributed by atoms with Crippen LogP contribution in [0, 0.1) is 13.8 Å². The molecule has 360 valence electrons. The van der Waals surface area contributed by atoms with Crippen LogP contribution >= 0.6 is 0 Å². The van der Waals surface area contributed by atoms with Crippen molar-refractivity contribution in [2.45, 2.75) is 13.8 Å². The van der Waals surface area contributed by atoms with E-state index in [0.29, 0.717) is 0 Å². The van der Waals surface area contributed by atoms with Gasteiger partial charge in [-0.05, 0) is 190 Å². The molecule has 0 bridgehead atoms. The van der Waals surface area contributed by atoms with E-state index in [1.807, 2.05) is 0 Å². The van der Waals surface area contributed by atoms with Crippen LogP contribution in [0.5, 0.6) is 0 Å². The Balaban J connectivity index is 0.994. The molecule has 0 aromatic heterocycles. The highest BCUT2D eigenvalue weighted by Gasteiger charge is 2.36. The van der Waals surface area contributed by atoms with Gasteiger partial charge in [-0.15, -0.1) is 0 Å². The molecule has 0 unspecified atom stereocenters. The molecule has 0 nitrogen and oxygen atoms in total. The molecule has 0 N–H and O–H groups in total. The van der Waals surface area contributed by atoms with Crippen molar-refractivity contribution in [3.05, 3.63) is 266 Å². The van der Waals surface area contributed by atoms with Gasteiger partial charge in [0.2, 0.25) is 0 Å². The highest BCUT2D eigenvalue weighted by atomic mass is 14.4. The van der Waals surface area contributed by atoms with Crippen molar-refractivity contribution < 1.29 is 0 Å². The first-order valence-electron chi connectivity index (χ1n) is 27.4. The standard InChI is InChI=1S/C78H48/c1-45-19-17-25-49(43-45)67-55-31-13-15-33-57(55)71(53-29-11-9-27-51(53)47-21-5-3-6-22-47)77-65-41-37-61-60-36-40-64-74-66(42-38-62(70(60)74)59-35-39-63(75(67)77)73(65)69(59)61)78-72(54-30-12-10-28-52(54)48-23-7-4-8-24-48)58-34-16-14-32-56(58)68(76(64)78)50-26-18-20-46(2)44-50/h3-44H,1-2H3. The van der Waals surface area contributed by atoms with Gasteiger partial charge in [-0.3, -0.25) is 0 Å². The Morgan fingerprint density at radius 1 is 0.167 bits per heavy atom. The van der Waals surface area contributed by atoms with Crippen LogP contribution in [-0.4, -0.2) is 0 Å². The van der Waals surface area contributed by atoms with Gasteiger partial charge in [0.05, 0.1) is 0 Å². The lowest BCUT2D eigenvalue weighted by molar-refractivity contribution is 1.47. The lowest BCUT2D eigenvalue weighted by Gasteiger charge is -2.22. The molecule has 0 atom stereocenters. The van der Waals surface area contributed by atoms with Crippen molar-refractivity contribution in [2.24, 2.45) is 0 Å². The van der Waals surface area contributed by atoms with Crippen LogP contribution in [0.15, 0.2) is 255 Å². The van der Waals surface area contributed by atoms with Crippen molar-refractivity contribution in [1.82, 2.24) is 0 Å². The molecule has 0 heteroatoms. The predicted molar refractivity (Wildman–Crippen MR) is 334 cm³/mol. The van der Waals surface area contributed by atoms with Gasteiger partial charge >= 0.3 is 0 Å². The minimum atomic E-state index is 1.22. The summed E-state index contributed by atoms with van der Waals surface area (Å²) >= 11 is 0. The van der Waals surface area contributed by atoms with Gasteiger partial charge in [-0.25, -0.2) is 0 Å². The summed E-state index contributed by atoms with van der Waals surface area (Å²) < 4.78 is 0. The van der Waals surface area contributed by atoms with Crippen LogP contribution in [0.1, 0.15) is 11.1 Å². The SMILES string of the molecule is Cc1cccc(-c2c3c(c(-c4ccccc4-c4ccccc4)c4ccccc24)-c2ccc4c5ccc6c7c(ccc(c8ccc-3c2c84)c75)-c2c-6c(-c3cccc(C)c3)c3ccccc3c2-c2ccccc2-c2ccccc2)c1. The average Bonchev–Trinajstić information content (AvgIpc) is 3.09. The van der Waals surface area contributed by atoms with Crippen molar-refractivity contribution >= 4 is 64.6 Å². The molecule has 17 rings (SSSR count). The quantitative estimate of drug-likeness (QED) is 0.115. The van der Waals surface area contributed by atoms with E-state index in [1.54, 1.807) is 0 Å². The Labute approximate surface area is 453 Å². The van der Waals surface area contributed by atoms with Gasteiger partial charge in [-0.2, -0.15) is 0 Å². The van der Waals surface area contributed by atoms with Crippen molar-refractivity contribution in [1.29, 1.82) is 0 Å². The number of hydrogen-bond acceptors (Lipinski definition) is 0. The molecule has 0 radical (unpaired) electrons. The third kappa shape index (κ3) is 5.89. The molecular formula is C78H48.